The van der Waals surface area contributed by atoms with Gasteiger partial charge in [0.25, 0.3) is 0 Å². The summed E-state index contributed by atoms with van der Waals surface area (Å²) in [7, 11) is 0. The molecule has 3 aromatic rings. The fraction of sp³-hybridized carbons (Fsp3) is 0.0526. The van der Waals surface area contributed by atoms with Crippen LogP contribution in [0, 0.1) is 6.92 Å². The summed E-state index contributed by atoms with van der Waals surface area (Å²) in [5, 5.41) is 0.737. The molecule has 104 valence electrons. The molecule has 0 saturated carbocycles. The Morgan fingerprint density at radius 2 is 1.29 bits per heavy atom. The third-order valence-corrected chi connectivity index (χ3v) is 3.61. The van der Waals surface area contributed by atoms with E-state index >= 15 is 0 Å². The average Bonchev–Trinajstić information content (AvgIpc) is 2.51. The molecule has 0 spiro atoms. The summed E-state index contributed by atoms with van der Waals surface area (Å²) in [6, 6.07) is 26.7. The van der Waals surface area contributed by atoms with Crippen LogP contribution in [0.5, 0.6) is 0 Å². The van der Waals surface area contributed by atoms with E-state index < -0.39 is 0 Å². The predicted octanol–water partition coefficient (Wildman–Crippen LogP) is 6.12. The van der Waals surface area contributed by atoms with Crippen LogP contribution in [0.25, 0.3) is 0 Å². The highest BCUT2D eigenvalue weighted by atomic mass is 35.5. The molecular weight excluding hydrogens is 278 g/mol. The molecule has 21 heavy (non-hydrogen) atoms. The Kier molecular flexibility index (Phi) is 3.94. The first-order valence-electron chi connectivity index (χ1n) is 6.91. The maximum absolute atomic E-state index is 6.16. The van der Waals surface area contributed by atoms with Gasteiger partial charge in [0.05, 0.1) is 0 Å². The van der Waals surface area contributed by atoms with Crippen molar-refractivity contribution in [2.45, 2.75) is 6.92 Å². The van der Waals surface area contributed by atoms with Gasteiger partial charge in [-0.15, -0.1) is 0 Å². The number of nitrogens with zero attached hydrogens (tertiary/aromatic N) is 1. The van der Waals surface area contributed by atoms with Crippen molar-refractivity contribution < 1.29 is 0 Å². The number of anilines is 3. The summed E-state index contributed by atoms with van der Waals surface area (Å²) in [5.41, 5.74) is 4.54. The maximum atomic E-state index is 6.16. The van der Waals surface area contributed by atoms with E-state index in [9.17, 15) is 0 Å². The summed E-state index contributed by atoms with van der Waals surface area (Å²) < 4.78 is 0. The van der Waals surface area contributed by atoms with Crippen molar-refractivity contribution in [3.05, 3.63) is 89.4 Å². The smallest absolute Gasteiger partial charge is 0.0476 e. The topological polar surface area (TPSA) is 3.24 Å². The van der Waals surface area contributed by atoms with Crippen molar-refractivity contribution in [1.82, 2.24) is 0 Å². The second kappa shape index (κ2) is 6.02. The summed E-state index contributed by atoms with van der Waals surface area (Å²) in [6.45, 7) is 2.09. The summed E-state index contributed by atoms with van der Waals surface area (Å²) in [6.07, 6.45) is 0. The maximum Gasteiger partial charge on any atom is 0.0476 e. The number of para-hydroxylation sites is 1. The van der Waals surface area contributed by atoms with E-state index in [4.69, 9.17) is 11.6 Å². The molecule has 3 aromatic carbocycles. The highest BCUT2D eigenvalue weighted by Crippen LogP contribution is 2.35. The highest BCUT2D eigenvalue weighted by Gasteiger charge is 2.11. The molecule has 0 unspecified atom stereocenters. The fourth-order valence-corrected chi connectivity index (χ4v) is 2.52. The minimum absolute atomic E-state index is 0.737. The SMILES string of the molecule is Cc1ccc(N(c2ccccc2)c2cccc(Cl)c2)cc1. The lowest BCUT2D eigenvalue weighted by atomic mass is 10.1. The van der Waals surface area contributed by atoms with Crippen LogP contribution < -0.4 is 4.90 Å². The number of hydrogen-bond acceptors (Lipinski definition) is 1. The number of rotatable bonds is 3. The van der Waals surface area contributed by atoms with Gasteiger partial charge in [-0.2, -0.15) is 0 Å². The molecular formula is C19H16ClN. The third kappa shape index (κ3) is 3.09. The van der Waals surface area contributed by atoms with Crippen LogP contribution in [-0.4, -0.2) is 0 Å². The molecule has 0 radical (unpaired) electrons. The molecule has 0 N–H and O–H groups in total. The van der Waals surface area contributed by atoms with Crippen molar-refractivity contribution in [2.24, 2.45) is 0 Å². The minimum Gasteiger partial charge on any atom is -0.310 e. The zero-order valence-corrected chi connectivity index (χ0v) is 12.6. The van der Waals surface area contributed by atoms with Crippen LogP contribution in [0.2, 0.25) is 5.02 Å². The average molecular weight is 294 g/mol. The number of benzene rings is 3. The molecule has 0 aromatic heterocycles. The van der Waals surface area contributed by atoms with Gasteiger partial charge in [-0.3, -0.25) is 0 Å². The second-order valence-corrected chi connectivity index (χ2v) is 5.42. The van der Waals surface area contributed by atoms with Crippen LogP contribution in [0.3, 0.4) is 0 Å². The molecule has 0 atom stereocenters. The van der Waals surface area contributed by atoms with Crippen LogP contribution in [0.15, 0.2) is 78.9 Å². The van der Waals surface area contributed by atoms with Gasteiger partial charge in [-0.1, -0.05) is 53.6 Å². The molecule has 0 bridgehead atoms. The molecule has 2 heteroatoms. The quantitative estimate of drug-likeness (QED) is 0.562. The van der Waals surface area contributed by atoms with Gasteiger partial charge in [0.15, 0.2) is 0 Å². The molecule has 1 nitrogen and oxygen atoms in total. The van der Waals surface area contributed by atoms with Gasteiger partial charge >= 0.3 is 0 Å². The lowest BCUT2D eigenvalue weighted by molar-refractivity contribution is 1.27. The Hall–Kier alpha value is -2.25. The molecule has 0 heterocycles. The Morgan fingerprint density at radius 3 is 1.95 bits per heavy atom. The molecule has 0 fully saturated rings. The Bertz CT molecular complexity index is 720. The second-order valence-electron chi connectivity index (χ2n) is 4.99. The Labute approximate surface area is 130 Å². The van der Waals surface area contributed by atoms with E-state index in [2.05, 4.69) is 54.3 Å². The summed E-state index contributed by atoms with van der Waals surface area (Å²) >= 11 is 6.16. The lowest BCUT2D eigenvalue weighted by Crippen LogP contribution is -2.09. The first kappa shape index (κ1) is 13.7. The van der Waals surface area contributed by atoms with Crippen molar-refractivity contribution in [3.63, 3.8) is 0 Å². The fourth-order valence-electron chi connectivity index (χ4n) is 2.33. The molecule has 0 aliphatic carbocycles. The Balaban J connectivity index is 2.13. The van der Waals surface area contributed by atoms with Gasteiger partial charge in [-0.25, -0.2) is 0 Å². The lowest BCUT2D eigenvalue weighted by Gasteiger charge is -2.25. The third-order valence-electron chi connectivity index (χ3n) is 3.37. The van der Waals surface area contributed by atoms with Crippen LogP contribution in [0.4, 0.5) is 17.1 Å². The summed E-state index contributed by atoms with van der Waals surface area (Å²) in [4.78, 5) is 2.20. The molecule has 0 aliphatic heterocycles. The van der Waals surface area contributed by atoms with E-state index in [1.807, 2.05) is 36.4 Å². The van der Waals surface area contributed by atoms with E-state index in [1.165, 1.54) is 5.56 Å². The predicted molar refractivity (Wildman–Crippen MR) is 90.9 cm³/mol. The minimum atomic E-state index is 0.737. The number of hydrogen-bond donors (Lipinski definition) is 0. The number of aryl methyl sites for hydroxylation is 1. The van der Waals surface area contributed by atoms with Gasteiger partial charge in [0.1, 0.15) is 0 Å². The Morgan fingerprint density at radius 1 is 0.667 bits per heavy atom. The highest BCUT2D eigenvalue weighted by molar-refractivity contribution is 6.30. The molecule has 0 amide bonds. The monoisotopic (exact) mass is 293 g/mol. The first-order valence-corrected chi connectivity index (χ1v) is 7.29. The van der Waals surface area contributed by atoms with Crippen molar-refractivity contribution >= 4 is 28.7 Å². The van der Waals surface area contributed by atoms with Gasteiger partial charge in [0.2, 0.25) is 0 Å². The van der Waals surface area contributed by atoms with E-state index in [1.54, 1.807) is 0 Å². The van der Waals surface area contributed by atoms with E-state index in [0.717, 1.165) is 22.1 Å². The summed E-state index contributed by atoms with van der Waals surface area (Å²) in [5.74, 6) is 0. The molecule has 0 aliphatic rings. The zero-order chi connectivity index (χ0) is 14.7. The zero-order valence-electron chi connectivity index (χ0n) is 11.8. The van der Waals surface area contributed by atoms with E-state index in [-0.39, 0.29) is 0 Å². The van der Waals surface area contributed by atoms with Crippen LogP contribution in [0.1, 0.15) is 5.56 Å². The number of halogens is 1. The van der Waals surface area contributed by atoms with Crippen LogP contribution >= 0.6 is 11.6 Å². The molecule has 0 saturated heterocycles. The van der Waals surface area contributed by atoms with Gasteiger partial charge in [-0.05, 0) is 49.4 Å². The first-order chi connectivity index (χ1) is 10.2. The standard InChI is InChI=1S/C19H16ClN/c1-15-10-12-18(13-11-15)21(17-7-3-2-4-8-17)19-9-5-6-16(20)14-19/h2-14H,1H3. The largest absolute Gasteiger partial charge is 0.310 e. The van der Waals surface area contributed by atoms with E-state index in [0.29, 0.717) is 0 Å². The van der Waals surface area contributed by atoms with Crippen molar-refractivity contribution in [3.8, 4) is 0 Å². The normalized spacial score (nSPS) is 10.4. The van der Waals surface area contributed by atoms with Gasteiger partial charge < -0.3 is 4.90 Å². The molecule has 3 rings (SSSR count). The van der Waals surface area contributed by atoms with Gasteiger partial charge in [0, 0.05) is 22.1 Å². The van der Waals surface area contributed by atoms with Crippen molar-refractivity contribution in [2.75, 3.05) is 4.90 Å². The van der Waals surface area contributed by atoms with Crippen LogP contribution in [-0.2, 0) is 0 Å². The van der Waals surface area contributed by atoms with Crippen molar-refractivity contribution in [1.29, 1.82) is 0 Å².